The first-order chi connectivity index (χ1) is 18.8. The summed E-state index contributed by atoms with van der Waals surface area (Å²) in [6.45, 7) is 5.81. The fraction of sp³-hybridized carbons (Fsp3) is 0.562. The highest BCUT2D eigenvalue weighted by Crippen LogP contribution is 2.36. The van der Waals surface area contributed by atoms with E-state index in [1.807, 2.05) is 25.1 Å². The largest absolute Gasteiger partial charge is 0.464 e. The molecular formula is C32H46ClNO5. The molecule has 0 radical (unpaired) electrons. The first-order valence-electron chi connectivity index (χ1n) is 14.0. The van der Waals surface area contributed by atoms with Gasteiger partial charge in [0.25, 0.3) is 0 Å². The van der Waals surface area contributed by atoms with E-state index in [4.69, 9.17) is 25.8 Å². The van der Waals surface area contributed by atoms with E-state index in [-0.39, 0.29) is 54.7 Å². The van der Waals surface area contributed by atoms with Crippen LogP contribution in [-0.2, 0) is 30.3 Å². The summed E-state index contributed by atoms with van der Waals surface area (Å²) in [4.78, 5) is 28.3. The molecule has 4 atom stereocenters. The number of carbonyl (C=O) groups excluding carboxylic acids is 2. The minimum atomic E-state index is -0.333. The molecule has 2 aromatic rings. The molecule has 0 heterocycles. The third-order valence-corrected chi connectivity index (χ3v) is 7.26. The molecule has 0 aliphatic carbocycles. The van der Waals surface area contributed by atoms with Crippen LogP contribution in [0.2, 0.25) is 0 Å². The van der Waals surface area contributed by atoms with Gasteiger partial charge in [-0.25, -0.2) is 0 Å². The second-order valence-electron chi connectivity index (χ2n) is 10.5. The van der Waals surface area contributed by atoms with Crippen molar-refractivity contribution >= 4 is 23.5 Å². The van der Waals surface area contributed by atoms with Crippen LogP contribution in [-0.4, -0.2) is 63.7 Å². The fourth-order valence-electron chi connectivity index (χ4n) is 4.98. The molecular weight excluding hydrogens is 514 g/mol. The number of alkyl halides is 1. The Morgan fingerprint density at radius 1 is 0.821 bits per heavy atom. The van der Waals surface area contributed by atoms with Crippen molar-refractivity contribution in [1.29, 1.82) is 0 Å². The van der Waals surface area contributed by atoms with Crippen molar-refractivity contribution < 1.29 is 23.8 Å². The summed E-state index contributed by atoms with van der Waals surface area (Å²) in [6.07, 6.45) is 2.48. The van der Waals surface area contributed by atoms with Crippen LogP contribution in [0.25, 0.3) is 0 Å². The minimum Gasteiger partial charge on any atom is -0.464 e. The lowest BCUT2D eigenvalue weighted by Gasteiger charge is -2.27. The fourth-order valence-corrected chi connectivity index (χ4v) is 5.06. The summed E-state index contributed by atoms with van der Waals surface area (Å²) in [7, 11) is 5.70. The SMILES string of the molecule is CCC(CC(CC(CC(C)c1ccc(CN(C)C)cc1)C(=O)OCCOC)c1ccccc1)C(=O)OCCCl. The van der Waals surface area contributed by atoms with E-state index in [1.165, 1.54) is 11.1 Å². The molecule has 4 unspecified atom stereocenters. The van der Waals surface area contributed by atoms with Crippen molar-refractivity contribution in [3.63, 3.8) is 0 Å². The standard InChI is InChI=1S/C32H46ClNO5/c1-6-26(31(35)38-17-16-33)21-29(28-10-8-7-9-11-28)22-30(32(36)39-19-18-37-5)20-24(2)27-14-12-25(13-15-27)23-34(3)4/h7-15,24,26,29-30H,6,16-23H2,1-5H3. The number of esters is 2. The molecule has 0 aromatic heterocycles. The van der Waals surface area contributed by atoms with E-state index < -0.39 is 0 Å². The Morgan fingerprint density at radius 2 is 1.44 bits per heavy atom. The van der Waals surface area contributed by atoms with E-state index in [1.54, 1.807) is 7.11 Å². The molecule has 39 heavy (non-hydrogen) atoms. The van der Waals surface area contributed by atoms with Gasteiger partial charge in [-0.15, -0.1) is 11.6 Å². The van der Waals surface area contributed by atoms with Crippen LogP contribution >= 0.6 is 11.6 Å². The molecule has 0 N–H and O–H groups in total. The maximum Gasteiger partial charge on any atom is 0.309 e. The molecule has 2 aromatic carbocycles. The quantitative estimate of drug-likeness (QED) is 0.119. The van der Waals surface area contributed by atoms with Crippen molar-refractivity contribution in [2.45, 2.75) is 57.9 Å². The normalized spacial score (nSPS) is 14.4. The predicted octanol–water partition coefficient (Wildman–Crippen LogP) is 6.42. The molecule has 0 saturated heterocycles. The minimum absolute atomic E-state index is 0.00524. The highest BCUT2D eigenvalue weighted by atomic mass is 35.5. The van der Waals surface area contributed by atoms with Crippen molar-refractivity contribution in [3.8, 4) is 0 Å². The topological polar surface area (TPSA) is 65.1 Å². The van der Waals surface area contributed by atoms with Crippen molar-refractivity contribution in [2.75, 3.05) is 46.9 Å². The Labute approximate surface area is 240 Å². The van der Waals surface area contributed by atoms with E-state index in [9.17, 15) is 9.59 Å². The Hall–Kier alpha value is -2.41. The lowest BCUT2D eigenvalue weighted by molar-refractivity contribution is -0.150. The zero-order valence-corrected chi connectivity index (χ0v) is 25.0. The van der Waals surface area contributed by atoms with Crippen LogP contribution in [0.15, 0.2) is 54.6 Å². The summed E-state index contributed by atoms with van der Waals surface area (Å²) >= 11 is 5.74. The van der Waals surface area contributed by atoms with Gasteiger partial charge in [-0.05, 0) is 68.3 Å². The zero-order valence-electron chi connectivity index (χ0n) is 24.2. The van der Waals surface area contributed by atoms with Gasteiger partial charge >= 0.3 is 11.9 Å². The number of rotatable bonds is 18. The van der Waals surface area contributed by atoms with Gasteiger partial charge < -0.3 is 19.1 Å². The van der Waals surface area contributed by atoms with E-state index in [2.05, 4.69) is 62.3 Å². The average molecular weight is 560 g/mol. The van der Waals surface area contributed by atoms with Gasteiger partial charge in [-0.1, -0.05) is 68.4 Å². The monoisotopic (exact) mass is 559 g/mol. The number of benzene rings is 2. The first kappa shape index (κ1) is 32.8. The Bertz CT molecular complexity index is 966. The summed E-state index contributed by atoms with van der Waals surface area (Å²) in [5.41, 5.74) is 3.55. The number of ether oxygens (including phenoxy) is 3. The van der Waals surface area contributed by atoms with Gasteiger partial charge in [-0.2, -0.15) is 0 Å². The summed E-state index contributed by atoms with van der Waals surface area (Å²) in [5.74, 6) is -0.635. The molecule has 6 nitrogen and oxygen atoms in total. The van der Waals surface area contributed by atoms with Gasteiger partial charge in [0, 0.05) is 13.7 Å². The maximum atomic E-state index is 13.4. The zero-order chi connectivity index (χ0) is 28.6. The number of carbonyl (C=O) groups is 2. The molecule has 2 rings (SSSR count). The van der Waals surface area contributed by atoms with Gasteiger partial charge in [0.05, 0.1) is 24.3 Å². The van der Waals surface area contributed by atoms with Crippen LogP contribution in [0.1, 0.15) is 68.1 Å². The highest BCUT2D eigenvalue weighted by molar-refractivity contribution is 6.18. The molecule has 216 valence electrons. The maximum absolute atomic E-state index is 13.4. The molecule has 0 amide bonds. The number of methoxy groups -OCH3 is 1. The van der Waals surface area contributed by atoms with Gasteiger partial charge in [0.15, 0.2) is 0 Å². The summed E-state index contributed by atoms with van der Waals surface area (Å²) in [5, 5.41) is 0. The Balaban J connectivity index is 2.28. The second kappa shape index (κ2) is 18.0. The number of nitrogens with zero attached hydrogens (tertiary/aromatic N) is 1. The molecule has 0 fully saturated rings. The second-order valence-corrected chi connectivity index (χ2v) is 10.9. The van der Waals surface area contributed by atoms with Crippen LogP contribution in [0.4, 0.5) is 0 Å². The molecule has 0 aliphatic heterocycles. The van der Waals surface area contributed by atoms with E-state index >= 15 is 0 Å². The van der Waals surface area contributed by atoms with Gasteiger partial charge in [0.1, 0.15) is 13.2 Å². The smallest absolute Gasteiger partial charge is 0.309 e. The third-order valence-electron chi connectivity index (χ3n) is 7.11. The van der Waals surface area contributed by atoms with E-state index in [0.717, 1.165) is 12.1 Å². The van der Waals surface area contributed by atoms with Gasteiger partial charge in [-0.3, -0.25) is 9.59 Å². The average Bonchev–Trinajstić information content (AvgIpc) is 2.93. The van der Waals surface area contributed by atoms with Crippen molar-refractivity contribution in [1.82, 2.24) is 4.90 Å². The van der Waals surface area contributed by atoms with Gasteiger partial charge in [0.2, 0.25) is 0 Å². The summed E-state index contributed by atoms with van der Waals surface area (Å²) in [6, 6.07) is 18.7. The Kier molecular flexibility index (Phi) is 15.2. The van der Waals surface area contributed by atoms with Crippen LogP contribution in [0.5, 0.6) is 0 Å². The Morgan fingerprint density at radius 3 is 2.03 bits per heavy atom. The number of hydrogen-bond donors (Lipinski definition) is 0. The predicted molar refractivity (Wildman–Crippen MR) is 157 cm³/mol. The summed E-state index contributed by atoms with van der Waals surface area (Å²) < 4.78 is 16.1. The lowest BCUT2D eigenvalue weighted by atomic mass is 9.78. The van der Waals surface area contributed by atoms with Crippen molar-refractivity contribution in [3.05, 3.63) is 71.3 Å². The molecule has 7 heteroatoms. The molecule has 0 spiro atoms. The number of hydrogen-bond acceptors (Lipinski definition) is 6. The van der Waals surface area contributed by atoms with Crippen molar-refractivity contribution in [2.24, 2.45) is 11.8 Å². The number of halogens is 1. The van der Waals surface area contributed by atoms with Crippen LogP contribution in [0.3, 0.4) is 0 Å². The molecule has 0 aliphatic rings. The highest BCUT2D eigenvalue weighted by Gasteiger charge is 2.31. The van der Waals surface area contributed by atoms with Crippen LogP contribution < -0.4 is 0 Å². The third kappa shape index (κ3) is 11.7. The van der Waals surface area contributed by atoms with E-state index in [0.29, 0.717) is 32.3 Å². The van der Waals surface area contributed by atoms with Crippen LogP contribution in [0, 0.1) is 11.8 Å². The first-order valence-corrected chi connectivity index (χ1v) is 14.5. The molecule has 0 bridgehead atoms. The lowest BCUT2D eigenvalue weighted by Crippen LogP contribution is -2.26. The molecule has 0 saturated carbocycles.